The summed E-state index contributed by atoms with van der Waals surface area (Å²) in [4.78, 5) is 18.2. The molecule has 1 aromatic carbocycles. The van der Waals surface area contributed by atoms with Crippen molar-refractivity contribution in [3.8, 4) is 5.75 Å². The van der Waals surface area contributed by atoms with Crippen LogP contribution in [0, 0.1) is 0 Å². The summed E-state index contributed by atoms with van der Waals surface area (Å²) in [6.45, 7) is 5.46. The number of thiophene rings is 1. The molecule has 1 amide bonds. The van der Waals surface area contributed by atoms with E-state index < -0.39 is 0 Å². The van der Waals surface area contributed by atoms with Gasteiger partial charge in [-0.3, -0.25) is 9.69 Å². The highest BCUT2D eigenvalue weighted by Crippen LogP contribution is 2.17. The minimum atomic E-state index is 0.137. The molecule has 4 rings (SSSR count). The Balaban J connectivity index is 1.15. The number of para-hydroxylation sites is 1. The van der Waals surface area contributed by atoms with Crippen molar-refractivity contribution in [3.63, 3.8) is 0 Å². The van der Waals surface area contributed by atoms with E-state index in [0.29, 0.717) is 24.1 Å². The van der Waals surface area contributed by atoms with E-state index in [-0.39, 0.29) is 5.91 Å². The van der Waals surface area contributed by atoms with E-state index in [4.69, 9.17) is 4.74 Å². The van der Waals surface area contributed by atoms with E-state index in [9.17, 15) is 4.79 Å². The Morgan fingerprint density at radius 2 is 1.90 bits per heavy atom. The van der Waals surface area contributed by atoms with Crippen LogP contribution in [-0.2, 0) is 17.8 Å². The van der Waals surface area contributed by atoms with Gasteiger partial charge in [0.15, 0.2) is 0 Å². The molecule has 0 unspecified atom stereocenters. The lowest BCUT2D eigenvalue weighted by Crippen LogP contribution is -2.50. The number of ether oxygens (including phenoxy) is 1. The first-order chi connectivity index (χ1) is 15.3. The maximum atomic E-state index is 12.6. The molecule has 0 atom stereocenters. The minimum absolute atomic E-state index is 0.137. The van der Waals surface area contributed by atoms with Gasteiger partial charge in [0.2, 0.25) is 11.1 Å². The molecular formula is C21H26N6O2S2. The van der Waals surface area contributed by atoms with Gasteiger partial charge in [0.1, 0.15) is 12.4 Å². The molecule has 3 aromatic rings. The van der Waals surface area contributed by atoms with Crippen LogP contribution >= 0.6 is 23.1 Å². The first kappa shape index (κ1) is 21.8. The third kappa shape index (κ3) is 6.52. The van der Waals surface area contributed by atoms with Crippen molar-refractivity contribution in [2.24, 2.45) is 0 Å². The third-order valence-corrected chi connectivity index (χ3v) is 7.00. The highest BCUT2D eigenvalue weighted by atomic mass is 32.2. The van der Waals surface area contributed by atoms with Crippen molar-refractivity contribution >= 4 is 29.0 Å². The fourth-order valence-electron chi connectivity index (χ4n) is 3.36. The molecule has 31 heavy (non-hydrogen) atoms. The minimum Gasteiger partial charge on any atom is -0.492 e. The molecule has 0 saturated carbocycles. The van der Waals surface area contributed by atoms with E-state index in [1.54, 1.807) is 16.0 Å². The van der Waals surface area contributed by atoms with Crippen LogP contribution < -0.4 is 4.74 Å². The van der Waals surface area contributed by atoms with Gasteiger partial charge < -0.3 is 9.64 Å². The second-order valence-corrected chi connectivity index (χ2v) is 9.16. The largest absolute Gasteiger partial charge is 0.492 e. The molecule has 0 spiro atoms. The molecule has 2 aromatic heterocycles. The standard InChI is InChI=1S/C21H26N6O2S2/c28-20(17-31-21-22-23-24-27(21)9-8-19-7-4-16-30-19)26-12-10-25(11-13-26)14-15-29-18-5-2-1-3-6-18/h1-7,16H,8-15,17H2. The zero-order chi connectivity index (χ0) is 21.3. The van der Waals surface area contributed by atoms with Gasteiger partial charge in [-0.15, -0.1) is 16.4 Å². The monoisotopic (exact) mass is 458 g/mol. The highest BCUT2D eigenvalue weighted by molar-refractivity contribution is 7.99. The van der Waals surface area contributed by atoms with E-state index in [2.05, 4.69) is 31.9 Å². The van der Waals surface area contributed by atoms with Crippen molar-refractivity contribution in [1.29, 1.82) is 0 Å². The number of rotatable bonds is 10. The van der Waals surface area contributed by atoms with E-state index >= 15 is 0 Å². The van der Waals surface area contributed by atoms with Gasteiger partial charge in [0.05, 0.1) is 12.3 Å². The molecule has 1 saturated heterocycles. The molecule has 0 radical (unpaired) electrons. The van der Waals surface area contributed by atoms with E-state index in [1.165, 1.54) is 16.6 Å². The van der Waals surface area contributed by atoms with Crippen LogP contribution in [0.3, 0.4) is 0 Å². The van der Waals surface area contributed by atoms with Gasteiger partial charge in [-0.25, -0.2) is 4.68 Å². The SMILES string of the molecule is O=C(CSc1nnnn1CCc1cccs1)N1CCN(CCOc2ccccc2)CC1. The van der Waals surface area contributed by atoms with Crippen molar-refractivity contribution in [2.75, 3.05) is 45.1 Å². The Hall–Kier alpha value is -2.43. The van der Waals surface area contributed by atoms with E-state index in [1.807, 2.05) is 41.3 Å². The summed E-state index contributed by atoms with van der Waals surface area (Å²) in [6.07, 6.45) is 0.889. The number of aromatic nitrogens is 4. The van der Waals surface area contributed by atoms with Gasteiger partial charge in [0.25, 0.3) is 0 Å². The summed E-state index contributed by atoms with van der Waals surface area (Å²) in [5.41, 5.74) is 0. The van der Waals surface area contributed by atoms with E-state index in [0.717, 1.165) is 44.9 Å². The molecule has 10 heteroatoms. The van der Waals surface area contributed by atoms with Crippen LogP contribution in [-0.4, -0.2) is 81.0 Å². The van der Waals surface area contributed by atoms with Crippen molar-refractivity contribution < 1.29 is 9.53 Å². The Labute approximate surface area is 190 Å². The van der Waals surface area contributed by atoms with Crippen LogP contribution in [0.25, 0.3) is 0 Å². The van der Waals surface area contributed by atoms with Crippen LogP contribution in [0.4, 0.5) is 0 Å². The highest BCUT2D eigenvalue weighted by Gasteiger charge is 2.21. The number of carbonyl (C=O) groups excluding carboxylic acids is 1. The first-order valence-corrected chi connectivity index (χ1v) is 12.2. The summed E-state index contributed by atoms with van der Waals surface area (Å²) in [6, 6.07) is 14.0. The van der Waals surface area contributed by atoms with Gasteiger partial charge in [0, 0.05) is 44.0 Å². The molecule has 1 fully saturated rings. The molecule has 3 heterocycles. The predicted octanol–water partition coefficient (Wildman–Crippen LogP) is 2.29. The second-order valence-electron chi connectivity index (χ2n) is 7.19. The summed E-state index contributed by atoms with van der Waals surface area (Å²) in [5, 5.41) is 14.7. The zero-order valence-corrected chi connectivity index (χ0v) is 18.9. The van der Waals surface area contributed by atoms with Gasteiger partial charge >= 0.3 is 0 Å². The Morgan fingerprint density at radius 3 is 2.68 bits per heavy atom. The van der Waals surface area contributed by atoms with Gasteiger partial charge in [-0.1, -0.05) is 36.0 Å². The quantitative estimate of drug-likeness (QED) is 0.432. The normalized spacial score (nSPS) is 14.6. The average Bonchev–Trinajstić information content (AvgIpc) is 3.49. The number of nitrogens with zero attached hydrogens (tertiary/aromatic N) is 6. The molecule has 1 aliphatic heterocycles. The number of piperazine rings is 1. The lowest BCUT2D eigenvalue weighted by Gasteiger charge is -2.34. The molecular weight excluding hydrogens is 432 g/mol. The Morgan fingerprint density at radius 1 is 1.06 bits per heavy atom. The number of benzene rings is 1. The zero-order valence-electron chi connectivity index (χ0n) is 17.3. The molecule has 0 N–H and O–H groups in total. The maximum Gasteiger partial charge on any atom is 0.233 e. The van der Waals surface area contributed by atoms with Crippen molar-refractivity contribution in [2.45, 2.75) is 18.1 Å². The summed E-state index contributed by atoms with van der Waals surface area (Å²) in [7, 11) is 0. The average molecular weight is 459 g/mol. The van der Waals surface area contributed by atoms with Gasteiger partial charge in [-0.05, 0) is 34.0 Å². The molecule has 0 bridgehead atoms. The van der Waals surface area contributed by atoms with Crippen molar-refractivity contribution in [1.82, 2.24) is 30.0 Å². The third-order valence-electron chi connectivity index (χ3n) is 5.12. The number of carbonyl (C=O) groups is 1. The molecule has 164 valence electrons. The first-order valence-electron chi connectivity index (χ1n) is 10.4. The number of hydrogen-bond donors (Lipinski definition) is 0. The van der Waals surface area contributed by atoms with Gasteiger partial charge in [-0.2, -0.15) is 0 Å². The Bertz CT molecular complexity index is 927. The lowest BCUT2D eigenvalue weighted by atomic mass is 10.3. The summed E-state index contributed by atoms with van der Waals surface area (Å²) in [5.74, 6) is 1.39. The summed E-state index contributed by atoms with van der Waals surface area (Å²) >= 11 is 3.14. The molecule has 8 nitrogen and oxygen atoms in total. The maximum absolute atomic E-state index is 12.6. The number of amides is 1. The topological polar surface area (TPSA) is 76.4 Å². The van der Waals surface area contributed by atoms with Crippen LogP contribution in [0.2, 0.25) is 0 Å². The second kappa shape index (κ2) is 11.3. The number of thioether (sulfide) groups is 1. The number of tetrazole rings is 1. The fraction of sp³-hybridized carbons (Fsp3) is 0.429. The fourth-order valence-corrected chi connectivity index (χ4v) is 4.86. The Kier molecular flexibility index (Phi) is 7.92. The van der Waals surface area contributed by atoms with Crippen LogP contribution in [0.15, 0.2) is 53.0 Å². The van der Waals surface area contributed by atoms with Crippen LogP contribution in [0.1, 0.15) is 4.88 Å². The lowest BCUT2D eigenvalue weighted by molar-refractivity contribution is -0.130. The summed E-state index contributed by atoms with van der Waals surface area (Å²) < 4.78 is 7.55. The number of hydrogen-bond acceptors (Lipinski definition) is 8. The predicted molar refractivity (Wildman–Crippen MR) is 122 cm³/mol. The van der Waals surface area contributed by atoms with Crippen molar-refractivity contribution in [3.05, 3.63) is 52.7 Å². The molecule has 0 aliphatic carbocycles. The van der Waals surface area contributed by atoms with Crippen LogP contribution in [0.5, 0.6) is 5.75 Å². The molecule has 1 aliphatic rings. The number of aryl methyl sites for hydroxylation is 2. The smallest absolute Gasteiger partial charge is 0.233 e.